The summed E-state index contributed by atoms with van der Waals surface area (Å²) in [7, 11) is 0. The first-order chi connectivity index (χ1) is 10.3. The van der Waals surface area contributed by atoms with Crippen LogP contribution in [0.1, 0.15) is 36.2 Å². The summed E-state index contributed by atoms with van der Waals surface area (Å²) in [5.74, 6) is -0.00931. The third-order valence-corrected chi connectivity index (χ3v) is 4.21. The Bertz CT molecular complexity index is 632. The first-order valence-electron chi connectivity index (χ1n) is 7.57. The second-order valence-electron chi connectivity index (χ2n) is 5.54. The third-order valence-electron chi connectivity index (χ3n) is 4.21. The van der Waals surface area contributed by atoms with Gasteiger partial charge in [-0.2, -0.15) is 0 Å². The molecule has 4 heteroatoms. The fourth-order valence-corrected chi connectivity index (χ4v) is 2.82. The van der Waals surface area contributed by atoms with Crippen molar-refractivity contribution in [2.75, 3.05) is 13.2 Å². The van der Waals surface area contributed by atoms with E-state index in [1.54, 1.807) is 6.20 Å². The number of carbonyl (C=O) groups excluding carboxylic acids is 1. The van der Waals surface area contributed by atoms with Gasteiger partial charge < -0.3 is 10.0 Å². The Labute approximate surface area is 124 Å². The maximum absolute atomic E-state index is 12.9. The van der Waals surface area contributed by atoms with Crippen molar-refractivity contribution in [2.45, 2.75) is 31.7 Å². The Morgan fingerprint density at radius 2 is 2.10 bits per heavy atom. The van der Waals surface area contributed by atoms with Crippen molar-refractivity contribution >= 4 is 16.7 Å². The number of hydrogen-bond donors (Lipinski definition) is 1. The highest BCUT2D eigenvalue weighted by molar-refractivity contribution is 6.05. The molecule has 0 spiro atoms. The molecule has 3 rings (SSSR count). The molecule has 1 aromatic carbocycles. The highest BCUT2D eigenvalue weighted by Crippen LogP contribution is 2.27. The summed E-state index contributed by atoms with van der Waals surface area (Å²) in [6.07, 6.45) is 5.61. The maximum Gasteiger partial charge on any atom is 0.273 e. The van der Waals surface area contributed by atoms with Crippen molar-refractivity contribution in [1.82, 2.24) is 9.88 Å². The van der Waals surface area contributed by atoms with Crippen molar-refractivity contribution in [3.8, 4) is 0 Å². The summed E-state index contributed by atoms with van der Waals surface area (Å²) in [4.78, 5) is 19.1. The number of fused-ring (bicyclic) bond motifs is 1. The van der Waals surface area contributed by atoms with Gasteiger partial charge in [0.1, 0.15) is 5.69 Å². The standard InChI is InChI=1S/C17H20N2O2/c20-12-4-11-19(14-6-3-7-14)17(21)16-15-8-2-1-5-13(15)9-10-18-16/h1-2,5,8-10,14,20H,3-4,6-7,11-12H2. The molecule has 1 heterocycles. The number of pyridine rings is 1. The second-order valence-corrected chi connectivity index (χ2v) is 5.54. The predicted octanol–water partition coefficient (Wildman–Crippen LogP) is 2.61. The van der Waals surface area contributed by atoms with Gasteiger partial charge in [-0.05, 0) is 37.1 Å². The van der Waals surface area contributed by atoms with Crippen molar-refractivity contribution in [3.05, 3.63) is 42.2 Å². The quantitative estimate of drug-likeness (QED) is 0.918. The van der Waals surface area contributed by atoms with Gasteiger partial charge in [-0.25, -0.2) is 0 Å². The molecule has 1 N–H and O–H groups in total. The number of aliphatic hydroxyl groups is 1. The number of amides is 1. The molecule has 110 valence electrons. The average molecular weight is 284 g/mol. The first kappa shape index (κ1) is 14.0. The van der Waals surface area contributed by atoms with E-state index in [1.807, 2.05) is 35.2 Å². The molecule has 1 aliphatic carbocycles. The van der Waals surface area contributed by atoms with E-state index in [1.165, 1.54) is 6.42 Å². The molecule has 0 bridgehead atoms. The number of benzene rings is 1. The summed E-state index contributed by atoms with van der Waals surface area (Å²) >= 11 is 0. The normalized spacial score (nSPS) is 14.9. The molecule has 0 atom stereocenters. The van der Waals surface area contributed by atoms with Crippen LogP contribution in [0.2, 0.25) is 0 Å². The number of rotatable bonds is 5. The zero-order chi connectivity index (χ0) is 14.7. The Balaban J connectivity index is 1.93. The van der Waals surface area contributed by atoms with Gasteiger partial charge in [0.15, 0.2) is 0 Å². The molecule has 0 radical (unpaired) electrons. The van der Waals surface area contributed by atoms with Gasteiger partial charge in [0.2, 0.25) is 0 Å². The van der Waals surface area contributed by atoms with E-state index in [4.69, 9.17) is 5.11 Å². The van der Waals surface area contributed by atoms with Crippen LogP contribution in [-0.4, -0.2) is 40.1 Å². The maximum atomic E-state index is 12.9. The van der Waals surface area contributed by atoms with Gasteiger partial charge in [-0.15, -0.1) is 0 Å². The SMILES string of the molecule is O=C(c1nccc2ccccc12)N(CCCO)C1CCC1. The van der Waals surface area contributed by atoms with Gasteiger partial charge >= 0.3 is 0 Å². The summed E-state index contributed by atoms with van der Waals surface area (Å²) in [5.41, 5.74) is 0.526. The molecule has 21 heavy (non-hydrogen) atoms. The molecule has 4 nitrogen and oxygen atoms in total. The number of hydrogen-bond acceptors (Lipinski definition) is 3. The monoisotopic (exact) mass is 284 g/mol. The minimum absolute atomic E-state index is 0.00931. The summed E-state index contributed by atoms with van der Waals surface area (Å²) < 4.78 is 0. The van der Waals surface area contributed by atoms with Crippen LogP contribution >= 0.6 is 0 Å². The zero-order valence-corrected chi connectivity index (χ0v) is 12.0. The zero-order valence-electron chi connectivity index (χ0n) is 12.0. The van der Waals surface area contributed by atoms with E-state index in [-0.39, 0.29) is 12.5 Å². The van der Waals surface area contributed by atoms with Gasteiger partial charge in [-0.1, -0.05) is 24.3 Å². The van der Waals surface area contributed by atoms with Gasteiger partial charge in [-0.3, -0.25) is 9.78 Å². The smallest absolute Gasteiger partial charge is 0.273 e. The minimum Gasteiger partial charge on any atom is -0.396 e. The lowest BCUT2D eigenvalue weighted by Crippen LogP contribution is -2.45. The highest BCUT2D eigenvalue weighted by atomic mass is 16.3. The number of carbonyl (C=O) groups is 1. The fourth-order valence-electron chi connectivity index (χ4n) is 2.82. The molecule has 0 aliphatic heterocycles. The largest absolute Gasteiger partial charge is 0.396 e. The molecule has 2 aromatic rings. The Morgan fingerprint density at radius 3 is 2.81 bits per heavy atom. The van der Waals surface area contributed by atoms with Crippen molar-refractivity contribution in [2.24, 2.45) is 0 Å². The van der Waals surface area contributed by atoms with E-state index in [0.717, 1.165) is 23.6 Å². The molecule has 1 aliphatic rings. The Morgan fingerprint density at radius 1 is 1.29 bits per heavy atom. The molecular formula is C17H20N2O2. The van der Waals surface area contributed by atoms with Crippen LogP contribution < -0.4 is 0 Å². The van der Waals surface area contributed by atoms with Crippen LogP contribution in [0.4, 0.5) is 0 Å². The molecule has 1 aromatic heterocycles. The van der Waals surface area contributed by atoms with Crippen molar-refractivity contribution in [1.29, 1.82) is 0 Å². The lowest BCUT2D eigenvalue weighted by Gasteiger charge is -2.37. The third kappa shape index (κ3) is 2.76. The number of aliphatic hydroxyl groups excluding tert-OH is 1. The molecule has 0 unspecified atom stereocenters. The summed E-state index contributed by atoms with van der Waals surface area (Å²) in [6, 6.07) is 10.1. The number of nitrogens with zero attached hydrogens (tertiary/aromatic N) is 2. The molecule has 1 saturated carbocycles. The molecule has 0 saturated heterocycles. The van der Waals surface area contributed by atoms with Crippen LogP contribution in [0, 0.1) is 0 Å². The van der Waals surface area contributed by atoms with Gasteiger partial charge in [0, 0.05) is 30.8 Å². The van der Waals surface area contributed by atoms with Crippen molar-refractivity contribution in [3.63, 3.8) is 0 Å². The average Bonchev–Trinajstić information content (AvgIpc) is 2.48. The topological polar surface area (TPSA) is 53.4 Å². The van der Waals surface area contributed by atoms with Crippen LogP contribution in [0.15, 0.2) is 36.5 Å². The molecule has 1 fully saturated rings. The minimum atomic E-state index is -0.00931. The fraction of sp³-hybridized carbons (Fsp3) is 0.412. The molecular weight excluding hydrogens is 264 g/mol. The first-order valence-corrected chi connectivity index (χ1v) is 7.57. The Hall–Kier alpha value is -1.94. The lowest BCUT2D eigenvalue weighted by molar-refractivity contribution is 0.0559. The van der Waals surface area contributed by atoms with E-state index in [2.05, 4.69) is 4.98 Å². The van der Waals surface area contributed by atoms with E-state index in [9.17, 15) is 4.79 Å². The summed E-state index contributed by atoms with van der Waals surface area (Å²) in [5, 5.41) is 11.0. The van der Waals surface area contributed by atoms with Crippen LogP contribution in [0.5, 0.6) is 0 Å². The second kappa shape index (κ2) is 6.22. The van der Waals surface area contributed by atoms with Crippen molar-refractivity contribution < 1.29 is 9.90 Å². The highest BCUT2D eigenvalue weighted by Gasteiger charge is 2.30. The van der Waals surface area contributed by atoms with Crippen LogP contribution in [0.3, 0.4) is 0 Å². The van der Waals surface area contributed by atoms with E-state index < -0.39 is 0 Å². The van der Waals surface area contributed by atoms with Crippen LogP contribution in [0.25, 0.3) is 10.8 Å². The van der Waals surface area contributed by atoms with E-state index in [0.29, 0.717) is 24.7 Å². The van der Waals surface area contributed by atoms with E-state index >= 15 is 0 Å². The van der Waals surface area contributed by atoms with Gasteiger partial charge in [0.25, 0.3) is 5.91 Å². The number of aromatic nitrogens is 1. The predicted molar refractivity (Wildman–Crippen MR) is 82.1 cm³/mol. The molecule has 1 amide bonds. The lowest BCUT2D eigenvalue weighted by atomic mass is 9.91. The summed E-state index contributed by atoms with van der Waals surface area (Å²) in [6.45, 7) is 0.713. The Kier molecular flexibility index (Phi) is 4.15. The van der Waals surface area contributed by atoms with Gasteiger partial charge in [0.05, 0.1) is 0 Å². The van der Waals surface area contributed by atoms with Crippen LogP contribution in [-0.2, 0) is 0 Å².